The molecule has 1 aliphatic rings. The molecule has 1 fully saturated rings. The van der Waals surface area contributed by atoms with Crippen molar-refractivity contribution < 1.29 is 39.1 Å². The van der Waals surface area contributed by atoms with Crippen LogP contribution in [0.15, 0.2) is 18.2 Å². The molecule has 10 heteroatoms. The fraction of sp³-hybridized carbons (Fsp3) is 0.579. The molecule has 4 atom stereocenters. The smallest absolute Gasteiger partial charge is 0.302 e. The van der Waals surface area contributed by atoms with E-state index < -0.39 is 37.2 Å². The van der Waals surface area contributed by atoms with Gasteiger partial charge >= 0.3 is 5.97 Å². The largest absolute Gasteiger partial charge is 0.463 e. The van der Waals surface area contributed by atoms with Gasteiger partial charge in [0.15, 0.2) is 0 Å². The molecule has 1 aromatic rings. The Hall–Kier alpha value is -2.24. The standard InChI is InChI=1S/C19H28N2O8/c1-11(23)27-10-12-3-4-15(13(7-12)21-17(25)5-6-20-2)28-18-8-14(24)19(26)16(9-22)29-18/h3-4,7,14,16,18-20,22,24,26H,5-6,8-10H2,1-2H3,(H,21,25). The molecule has 0 aliphatic carbocycles. The molecule has 1 saturated heterocycles. The molecule has 0 bridgehead atoms. The fourth-order valence-corrected chi connectivity index (χ4v) is 2.79. The van der Waals surface area contributed by atoms with Gasteiger partial charge in [0.05, 0.1) is 18.4 Å². The number of rotatable bonds is 9. The zero-order chi connectivity index (χ0) is 21.4. The van der Waals surface area contributed by atoms with Crippen LogP contribution in [0.1, 0.15) is 25.3 Å². The highest BCUT2D eigenvalue weighted by Crippen LogP contribution is 2.30. The summed E-state index contributed by atoms with van der Waals surface area (Å²) in [5.41, 5.74) is 0.991. The maximum atomic E-state index is 12.2. The molecule has 0 saturated carbocycles. The Bertz CT molecular complexity index is 699. The number of aliphatic hydroxyl groups excluding tert-OH is 3. The number of anilines is 1. The average Bonchev–Trinajstić information content (AvgIpc) is 2.68. The Kier molecular flexibility index (Phi) is 8.80. The molecule has 0 aromatic heterocycles. The van der Waals surface area contributed by atoms with Gasteiger partial charge in [-0.25, -0.2) is 0 Å². The number of esters is 1. The van der Waals surface area contributed by atoms with Crippen LogP contribution < -0.4 is 15.4 Å². The Balaban J connectivity index is 2.17. The fourth-order valence-electron chi connectivity index (χ4n) is 2.79. The number of ether oxygens (including phenoxy) is 3. The van der Waals surface area contributed by atoms with Gasteiger partial charge in [0.2, 0.25) is 12.2 Å². The second-order valence-electron chi connectivity index (χ2n) is 6.71. The van der Waals surface area contributed by atoms with Crippen LogP contribution in [-0.2, 0) is 25.7 Å². The molecule has 29 heavy (non-hydrogen) atoms. The summed E-state index contributed by atoms with van der Waals surface area (Å²) in [6, 6.07) is 4.87. The van der Waals surface area contributed by atoms with E-state index in [2.05, 4.69) is 10.6 Å². The van der Waals surface area contributed by atoms with E-state index in [1.807, 2.05) is 0 Å². The highest BCUT2D eigenvalue weighted by atomic mass is 16.7. The van der Waals surface area contributed by atoms with E-state index in [0.29, 0.717) is 17.8 Å². The lowest BCUT2D eigenvalue weighted by Crippen LogP contribution is -2.51. The molecule has 10 nitrogen and oxygen atoms in total. The maximum absolute atomic E-state index is 12.2. The second-order valence-corrected chi connectivity index (χ2v) is 6.71. The van der Waals surface area contributed by atoms with Crippen molar-refractivity contribution in [3.63, 3.8) is 0 Å². The number of aliphatic hydroxyl groups is 3. The van der Waals surface area contributed by atoms with Gasteiger partial charge in [-0.1, -0.05) is 6.07 Å². The van der Waals surface area contributed by atoms with Crippen molar-refractivity contribution >= 4 is 17.6 Å². The van der Waals surface area contributed by atoms with Gasteiger partial charge in [0.25, 0.3) is 0 Å². The summed E-state index contributed by atoms with van der Waals surface area (Å²) in [7, 11) is 1.74. The molecule has 1 amide bonds. The second kappa shape index (κ2) is 11.1. The molecule has 5 N–H and O–H groups in total. The lowest BCUT2D eigenvalue weighted by molar-refractivity contribution is -0.229. The normalized spacial score (nSPS) is 24.0. The molecular formula is C19H28N2O8. The van der Waals surface area contributed by atoms with Crippen molar-refractivity contribution in [1.82, 2.24) is 5.32 Å². The van der Waals surface area contributed by atoms with Crippen molar-refractivity contribution in [2.75, 3.05) is 25.5 Å². The third-order valence-electron chi connectivity index (χ3n) is 4.34. The van der Waals surface area contributed by atoms with Gasteiger partial charge in [0.1, 0.15) is 24.6 Å². The van der Waals surface area contributed by atoms with Crippen LogP contribution in [-0.4, -0.2) is 72.0 Å². The number of carbonyl (C=O) groups is 2. The lowest BCUT2D eigenvalue weighted by atomic mass is 10.0. The summed E-state index contributed by atoms with van der Waals surface area (Å²) < 4.78 is 16.2. The monoisotopic (exact) mass is 412 g/mol. The minimum atomic E-state index is -1.22. The summed E-state index contributed by atoms with van der Waals surface area (Å²) in [4.78, 5) is 23.2. The summed E-state index contributed by atoms with van der Waals surface area (Å²) in [6.45, 7) is 1.35. The molecule has 0 spiro atoms. The third-order valence-corrected chi connectivity index (χ3v) is 4.34. The molecule has 1 aromatic carbocycles. The zero-order valence-electron chi connectivity index (χ0n) is 16.5. The molecule has 1 heterocycles. The van der Waals surface area contributed by atoms with E-state index in [-0.39, 0.29) is 31.1 Å². The lowest BCUT2D eigenvalue weighted by Gasteiger charge is -2.36. The van der Waals surface area contributed by atoms with E-state index >= 15 is 0 Å². The first-order valence-electron chi connectivity index (χ1n) is 9.34. The Morgan fingerprint density at radius 3 is 2.72 bits per heavy atom. The highest BCUT2D eigenvalue weighted by Gasteiger charge is 2.37. The van der Waals surface area contributed by atoms with Crippen LogP contribution in [0.25, 0.3) is 0 Å². The van der Waals surface area contributed by atoms with Gasteiger partial charge in [-0.2, -0.15) is 0 Å². The first-order chi connectivity index (χ1) is 13.8. The van der Waals surface area contributed by atoms with Crippen molar-refractivity contribution in [3.05, 3.63) is 23.8 Å². The first-order valence-corrected chi connectivity index (χ1v) is 9.34. The van der Waals surface area contributed by atoms with Crippen molar-refractivity contribution in [2.45, 2.75) is 51.0 Å². The minimum Gasteiger partial charge on any atom is -0.463 e. The maximum Gasteiger partial charge on any atom is 0.302 e. The first kappa shape index (κ1) is 23.0. The topological polar surface area (TPSA) is 147 Å². The SMILES string of the molecule is CNCCC(=O)Nc1cc(COC(C)=O)ccc1OC1CC(O)C(O)C(CO)O1. The number of carbonyl (C=O) groups excluding carboxylic acids is 2. The van der Waals surface area contributed by atoms with Crippen molar-refractivity contribution in [1.29, 1.82) is 0 Å². The minimum absolute atomic E-state index is 0.0139. The van der Waals surface area contributed by atoms with Crippen LogP contribution in [0.4, 0.5) is 5.69 Å². The number of nitrogens with one attached hydrogen (secondary N) is 2. The Morgan fingerprint density at radius 2 is 2.07 bits per heavy atom. The molecule has 162 valence electrons. The summed E-state index contributed by atoms with van der Waals surface area (Å²) >= 11 is 0. The Labute approximate surface area is 168 Å². The molecule has 1 aliphatic heterocycles. The predicted molar refractivity (Wildman–Crippen MR) is 102 cm³/mol. The summed E-state index contributed by atoms with van der Waals surface area (Å²) in [6.07, 6.45) is -4.03. The molecule has 2 rings (SSSR count). The van der Waals surface area contributed by atoms with Crippen molar-refractivity contribution in [2.24, 2.45) is 0 Å². The van der Waals surface area contributed by atoms with E-state index in [1.54, 1.807) is 25.2 Å². The van der Waals surface area contributed by atoms with Crippen LogP contribution in [0.3, 0.4) is 0 Å². The number of hydrogen-bond acceptors (Lipinski definition) is 9. The van der Waals surface area contributed by atoms with Crippen molar-refractivity contribution in [3.8, 4) is 5.75 Å². The number of hydrogen-bond donors (Lipinski definition) is 5. The van der Waals surface area contributed by atoms with Crippen LogP contribution in [0, 0.1) is 0 Å². The quantitative estimate of drug-likeness (QED) is 0.339. The van der Waals surface area contributed by atoms with E-state index in [1.165, 1.54) is 6.92 Å². The zero-order valence-corrected chi connectivity index (χ0v) is 16.5. The number of benzene rings is 1. The number of amides is 1. The van der Waals surface area contributed by atoms with Crippen LogP contribution in [0.5, 0.6) is 5.75 Å². The molecular weight excluding hydrogens is 384 g/mol. The van der Waals surface area contributed by atoms with E-state index in [0.717, 1.165) is 0 Å². The third kappa shape index (κ3) is 6.94. The van der Waals surface area contributed by atoms with Gasteiger partial charge in [-0.15, -0.1) is 0 Å². The van der Waals surface area contributed by atoms with Gasteiger partial charge in [-0.05, 0) is 24.7 Å². The van der Waals surface area contributed by atoms with Gasteiger partial charge in [-0.3, -0.25) is 9.59 Å². The van der Waals surface area contributed by atoms with E-state index in [4.69, 9.17) is 14.2 Å². The summed E-state index contributed by atoms with van der Waals surface area (Å²) in [5, 5.41) is 34.7. The predicted octanol–water partition coefficient (Wildman–Crippen LogP) is -0.494. The molecule has 4 unspecified atom stereocenters. The average molecular weight is 412 g/mol. The van der Waals surface area contributed by atoms with Crippen LogP contribution in [0.2, 0.25) is 0 Å². The van der Waals surface area contributed by atoms with Gasteiger partial charge in [0, 0.05) is 26.3 Å². The van der Waals surface area contributed by atoms with Gasteiger partial charge < -0.3 is 40.2 Å². The molecule has 0 radical (unpaired) electrons. The van der Waals surface area contributed by atoms with Crippen LogP contribution >= 0.6 is 0 Å². The van der Waals surface area contributed by atoms with E-state index in [9.17, 15) is 24.9 Å². The Morgan fingerprint density at radius 1 is 1.31 bits per heavy atom. The highest BCUT2D eigenvalue weighted by molar-refractivity contribution is 5.92. The summed E-state index contributed by atoms with van der Waals surface area (Å²) in [5.74, 6) is -0.398.